The van der Waals surface area contributed by atoms with Gasteiger partial charge in [0.05, 0.1) is 12.2 Å². The number of carbonyl (C=O) groups is 2. The molecule has 17 heavy (non-hydrogen) atoms. The average Bonchev–Trinajstić information content (AvgIpc) is 2.30. The molecule has 2 rings (SSSR count). The van der Waals surface area contributed by atoms with Gasteiger partial charge in [-0.25, -0.2) is 0 Å². The fourth-order valence-electron chi connectivity index (χ4n) is 1.62. The van der Waals surface area contributed by atoms with Crippen molar-refractivity contribution in [2.24, 2.45) is 0 Å². The van der Waals surface area contributed by atoms with E-state index in [-0.39, 0.29) is 5.78 Å². The lowest BCUT2D eigenvalue weighted by Gasteiger charge is -2.16. The Kier molecular flexibility index (Phi) is 3.10. The van der Waals surface area contributed by atoms with Gasteiger partial charge >= 0.3 is 0 Å². The zero-order chi connectivity index (χ0) is 12.3. The van der Waals surface area contributed by atoms with E-state index in [0.717, 1.165) is 0 Å². The summed E-state index contributed by atoms with van der Waals surface area (Å²) in [5.41, 5.74) is 1.06. The van der Waals surface area contributed by atoms with Gasteiger partial charge in [0.1, 0.15) is 5.75 Å². The number of carbonyl (C=O) groups excluding carboxylic acids is 2. The first-order valence-corrected chi connectivity index (χ1v) is 5.24. The van der Waals surface area contributed by atoms with E-state index in [1.54, 1.807) is 25.1 Å². The molecule has 1 N–H and O–H groups in total. The zero-order valence-electron chi connectivity index (χ0n) is 9.37. The predicted octanol–water partition coefficient (Wildman–Crippen LogP) is 1.61. The Morgan fingerprint density at radius 3 is 3.06 bits per heavy atom. The largest absolute Gasteiger partial charge is 0.492 e. The summed E-state index contributed by atoms with van der Waals surface area (Å²) < 4.78 is 5.34. The highest BCUT2D eigenvalue weighted by atomic mass is 16.5. The SMILES string of the molecule is CC#CC(=O)Nc1ccc2c(c1)C(=O)CCO2. The molecule has 0 unspecified atom stereocenters. The van der Waals surface area contributed by atoms with E-state index >= 15 is 0 Å². The van der Waals surface area contributed by atoms with Crippen LogP contribution in [0.15, 0.2) is 18.2 Å². The number of ketones is 1. The monoisotopic (exact) mass is 229 g/mol. The van der Waals surface area contributed by atoms with E-state index in [0.29, 0.717) is 30.0 Å². The molecule has 1 aromatic rings. The summed E-state index contributed by atoms with van der Waals surface area (Å²) in [5, 5.41) is 2.59. The van der Waals surface area contributed by atoms with Crippen molar-refractivity contribution in [3.8, 4) is 17.6 Å². The van der Waals surface area contributed by atoms with Gasteiger partial charge in [-0.15, -0.1) is 0 Å². The minimum Gasteiger partial charge on any atom is -0.492 e. The third kappa shape index (κ3) is 2.45. The summed E-state index contributed by atoms with van der Waals surface area (Å²) in [6.07, 6.45) is 0.374. The fourth-order valence-corrected chi connectivity index (χ4v) is 1.62. The molecule has 0 bridgehead atoms. The predicted molar refractivity (Wildman–Crippen MR) is 63.0 cm³/mol. The maximum atomic E-state index is 11.6. The van der Waals surface area contributed by atoms with E-state index in [9.17, 15) is 9.59 Å². The van der Waals surface area contributed by atoms with Crippen LogP contribution in [0.4, 0.5) is 5.69 Å². The van der Waals surface area contributed by atoms with Crippen molar-refractivity contribution in [1.29, 1.82) is 0 Å². The van der Waals surface area contributed by atoms with E-state index in [4.69, 9.17) is 4.74 Å². The number of ether oxygens (including phenoxy) is 1. The van der Waals surface area contributed by atoms with Crippen molar-refractivity contribution in [2.75, 3.05) is 11.9 Å². The van der Waals surface area contributed by atoms with Gasteiger partial charge in [-0.05, 0) is 31.0 Å². The highest BCUT2D eigenvalue weighted by Gasteiger charge is 2.18. The molecule has 0 spiro atoms. The van der Waals surface area contributed by atoms with Crippen LogP contribution >= 0.6 is 0 Å². The quantitative estimate of drug-likeness (QED) is 0.744. The first-order valence-electron chi connectivity index (χ1n) is 5.24. The molecule has 0 aromatic heterocycles. The first-order chi connectivity index (χ1) is 8.20. The van der Waals surface area contributed by atoms with Crippen molar-refractivity contribution in [3.05, 3.63) is 23.8 Å². The normalized spacial score (nSPS) is 12.9. The second-order valence-electron chi connectivity index (χ2n) is 3.56. The molecular formula is C13H11NO3. The molecule has 1 amide bonds. The highest BCUT2D eigenvalue weighted by Crippen LogP contribution is 2.27. The minimum atomic E-state index is -0.392. The van der Waals surface area contributed by atoms with Gasteiger partial charge in [-0.2, -0.15) is 0 Å². The number of anilines is 1. The Morgan fingerprint density at radius 1 is 1.47 bits per heavy atom. The molecule has 0 fully saturated rings. The van der Waals surface area contributed by atoms with Crippen molar-refractivity contribution >= 4 is 17.4 Å². The molecular weight excluding hydrogens is 218 g/mol. The Hall–Kier alpha value is -2.28. The van der Waals surface area contributed by atoms with Gasteiger partial charge in [-0.3, -0.25) is 9.59 Å². The minimum absolute atomic E-state index is 0.0314. The summed E-state index contributed by atoms with van der Waals surface area (Å²) in [5.74, 6) is 5.08. The van der Waals surface area contributed by atoms with Crippen LogP contribution in [0.25, 0.3) is 0 Å². The molecule has 0 saturated carbocycles. The van der Waals surface area contributed by atoms with E-state index in [1.165, 1.54) is 0 Å². The summed E-state index contributed by atoms with van der Waals surface area (Å²) in [6.45, 7) is 2.00. The third-order valence-electron chi connectivity index (χ3n) is 2.36. The van der Waals surface area contributed by atoms with E-state index < -0.39 is 5.91 Å². The molecule has 4 heteroatoms. The van der Waals surface area contributed by atoms with Crippen LogP contribution in [-0.2, 0) is 4.79 Å². The maximum absolute atomic E-state index is 11.6. The van der Waals surface area contributed by atoms with Gasteiger partial charge < -0.3 is 10.1 Å². The van der Waals surface area contributed by atoms with Gasteiger partial charge in [0.15, 0.2) is 5.78 Å². The van der Waals surface area contributed by atoms with Crippen LogP contribution in [0.1, 0.15) is 23.7 Å². The molecule has 0 saturated heterocycles. The summed E-state index contributed by atoms with van der Waals surface area (Å²) in [6, 6.07) is 4.99. The molecule has 1 heterocycles. The number of Topliss-reactive ketones (excluding diaryl/α,β-unsaturated/α-hetero) is 1. The zero-order valence-corrected chi connectivity index (χ0v) is 9.37. The second-order valence-corrected chi connectivity index (χ2v) is 3.56. The topological polar surface area (TPSA) is 55.4 Å². The fraction of sp³-hybridized carbons (Fsp3) is 0.231. The maximum Gasteiger partial charge on any atom is 0.300 e. The summed E-state index contributed by atoms with van der Waals surface area (Å²) in [4.78, 5) is 22.9. The van der Waals surface area contributed by atoms with Crippen LogP contribution in [0.5, 0.6) is 5.75 Å². The Morgan fingerprint density at radius 2 is 2.29 bits per heavy atom. The van der Waals surface area contributed by atoms with E-state index in [2.05, 4.69) is 17.2 Å². The van der Waals surface area contributed by atoms with Gasteiger partial charge in [0.25, 0.3) is 5.91 Å². The molecule has 86 valence electrons. The average molecular weight is 229 g/mol. The third-order valence-corrected chi connectivity index (χ3v) is 2.36. The Labute approximate surface area is 99.0 Å². The first kappa shape index (κ1) is 11.2. The standard InChI is InChI=1S/C13H11NO3/c1-2-3-13(16)14-9-4-5-12-10(8-9)11(15)6-7-17-12/h4-5,8H,6-7H2,1H3,(H,14,16). The molecule has 4 nitrogen and oxygen atoms in total. The van der Waals surface area contributed by atoms with Gasteiger partial charge in [-0.1, -0.05) is 5.92 Å². The lowest BCUT2D eigenvalue weighted by Crippen LogP contribution is -2.16. The second kappa shape index (κ2) is 4.71. The van der Waals surface area contributed by atoms with E-state index in [1.807, 2.05) is 0 Å². The van der Waals surface area contributed by atoms with Crippen LogP contribution in [-0.4, -0.2) is 18.3 Å². The van der Waals surface area contributed by atoms with Crippen LogP contribution in [0.3, 0.4) is 0 Å². The number of benzene rings is 1. The van der Waals surface area contributed by atoms with Crippen LogP contribution < -0.4 is 10.1 Å². The molecule has 1 aliphatic rings. The van der Waals surface area contributed by atoms with Gasteiger partial charge in [0, 0.05) is 12.1 Å². The smallest absolute Gasteiger partial charge is 0.300 e. The number of rotatable bonds is 1. The lowest BCUT2D eigenvalue weighted by atomic mass is 10.0. The van der Waals surface area contributed by atoms with Crippen molar-refractivity contribution < 1.29 is 14.3 Å². The van der Waals surface area contributed by atoms with Crippen molar-refractivity contribution in [1.82, 2.24) is 0 Å². The van der Waals surface area contributed by atoms with Gasteiger partial charge in [0.2, 0.25) is 0 Å². The Bertz CT molecular complexity index is 537. The number of amides is 1. The molecule has 1 aliphatic heterocycles. The number of hydrogen-bond donors (Lipinski definition) is 1. The molecule has 0 radical (unpaired) electrons. The highest BCUT2D eigenvalue weighted by molar-refractivity contribution is 6.05. The van der Waals surface area contributed by atoms with Crippen molar-refractivity contribution in [3.63, 3.8) is 0 Å². The van der Waals surface area contributed by atoms with Crippen LogP contribution in [0.2, 0.25) is 0 Å². The molecule has 0 atom stereocenters. The Balaban J connectivity index is 2.25. The molecule has 1 aromatic carbocycles. The van der Waals surface area contributed by atoms with Crippen LogP contribution in [0, 0.1) is 11.8 Å². The molecule has 0 aliphatic carbocycles. The summed E-state index contributed by atoms with van der Waals surface area (Å²) >= 11 is 0. The number of fused-ring (bicyclic) bond motifs is 1. The lowest BCUT2D eigenvalue weighted by molar-refractivity contribution is -0.111. The number of nitrogens with one attached hydrogen (secondary N) is 1. The number of hydrogen-bond acceptors (Lipinski definition) is 3. The summed E-state index contributed by atoms with van der Waals surface area (Å²) in [7, 11) is 0. The van der Waals surface area contributed by atoms with Crippen molar-refractivity contribution in [2.45, 2.75) is 13.3 Å².